The number of anilines is 1. The molecule has 0 atom stereocenters. The Morgan fingerprint density at radius 1 is 1.50 bits per heavy atom. The summed E-state index contributed by atoms with van der Waals surface area (Å²) in [6.45, 7) is 3.66. The standard InChI is InChI=1S/C15H21BrN2O2/c1-3-18(11-7-8-11)15(19)9-17-14-6-4-5-13(16)12(14)10-20-2/h4-6,11,17H,3,7-10H2,1-2H3. The number of benzene rings is 1. The Morgan fingerprint density at radius 3 is 2.85 bits per heavy atom. The van der Waals surface area contributed by atoms with Gasteiger partial charge < -0.3 is 15.0 Å². The average Bonchev–Trinajstić information content (AvgIpc) is 3.25. The van der Waals surface area contributed by atoms with Crippen LogP contribution in [0.25, 0.3) is 0 Å². The number of hydrogen-bond acceptors (Lipinski definition) is 3. The summed E-state index contributed by atoms with van der Waals surface area (Å²) in [4.78, 5) is 14.2. The van der Waals surface area contributed by atoms with Gasteiger partial charge in [-0.1, -0.05) is 22.0 Å². The summed E-state index contributed by atoms with van der Waals surface area (Å²) in [6.07, 6.45) is 2.29. The van der Waals surface area contributed by atoms with E-state index < -0.39 is 0 Å². The monoisotopic (exact) mass is 340 g/mol. The van der Waals surface area contributed by atoms with Crippen molar-refractivity contribution in [3.8, 4) is 0 Å². The van der Waals surface area contributed by atoms with Crippen LogP contribution >= 0.6 is 15.9 Å². The smallest absolute Gasteiger partial charge is 0.242 e. The maximum absolute atomic E-state index is 12.2. The second-order valence-corrected chi connectivity index (χ2v) is 5.82. The summed E-state index contributed by atoms with van der Waals surface area (Å²) in [5, 5.41) is 3.23. The predicted octanol–water partition coefficient (Wildman–Crippen LogP) is 3.02. The van der Waals surface area contributed by atoms with E-state index in [0.29, 0.717) is 19.2 Å². The summed E-state index contributed by atoms with van der Waals surface area (Å²) in [7, 11) is 1.67. The van der Waals surface area contributed by atoms with Crippen molar-refractivity contribution in [2.45, 2.75) is 32.4 Å². The first-order valence-corrected chi connectivity index (χ1v) is 7.76. The molecule has 0 aliphatic heterocycles. The number of amides is 1. The molecule has 1 saturated carbocycles. The lowest BCUT2D eigenvalue weighted by Crippen LogP contribution is -2.37. The number of ether oxygens (including phenoxy) is 1. The van der Waals surface area contributed by atoms with Crippen LogP contribution in [0, 0.1) is 0 Å². The summed E-state index contributed by atoms with van der Waals surface area (Å²) in [5.74, 6) is 0.165. The molecule has 1 aromatic carbocycles. The normalized spacial score (nSPS) is 14.2. The maximum Gasteiger partial charge on any atom is 0.242 e. The van der Waals surface area contributed by atoms with Gasteiger partial charge in [-0.25, -0.2) is 0 Å². The fourth-order valence-corrected chi connectivity index (χ4v) is 2.79. The van der Waals surface area contributed by atoms with Crippen molar-refractivity contribution in [3.63, 3.8) is 0 Å². The molecule has 20 heavy (non-hydrogen) atoms. The molecular formula is C15H21BrN2O2. The van der Waals surface area contributed by atoms with E-state index in [9.17, 15) is 4.79 Å². The Bertz CT molecular complexity index is 475. The van der Waals surface area contributed by atoms with Gasteiger partial charge in [0.2, 0.25) is 5.91 Å². The first-order chi connectivity index (χ1) is 9.67. The number of halogens is 1. The van der Waals surface area contributed by atoms with Gasteiger partial charge in [0.15, 0.2) is 0 Å². The molecule has 0 heterocycles. The van der Waals surface area contributed by atoms with Gasteiger partial charge in [0.1, 0.15) is 0 Å². The fraction of sp³-hybridized carbons (Fsp3) is 0.533. The molecule has 0 unspecified atom stereocenters. The van der Waals surface area contributed by atoms with Crippen molar-refractivity contribution >= 4 is 27.5 Å². The molecule has 0 aromatic heterocycles. The zero-order valence-electron chi connectivity index (χ0n) is 12.0. The van der Waals surface area contributed by atoms with Crippen LogP contribution in [-0.4, -0.2) is 37.0 Å². The van der Waals surface area contributed by atoms with E-state index in [1.54, 1.807) is 7.11 Å². The lowest BCUT2D eigenvalue weighted by Gasteiger charge is -2.21. The molecule has 1 aliphatic rings. The molecule has 1 fully saturated rings. The molecule has 0 saturated heterocycles. The first kappa shape index (κ1) is 15.3. The third kappa shape index (κ3) is 3.73. The van der Waals surface area contributed by atoms with Crippen molar-refractivity contribution in [2.75, 3.05) is 25.5 Å². The Balaban J connectivity index is 1.99. The molecule has 5 heteroatoms. The number of rotatable bonds is 7. The van der Waals surface area contributed by atoms with E-state index in [2.05, 4.69) is 21.2 Å². The number of carbonyl (C=O) groups excluding carboxylic acids is 1. The van der Waals surface area contributed by atoms with Crippen LogP contribution in [-0.2, 0) is 16.1 Å². The van der Waals surface area contributed by atoms with Gasteiger partial charge in [0, 0.05) is 35.4 Å². The van der Waals surface area contributed by atoms with Crippen LogP contribution in [0.1, 0.15) is 25.3 Å². The third-order valence-corrected chi connectivity index (χ3v) is 4.23. The average molecular weight is 341 g/mol. The molecule has 2 rings (SSSR count). The van der Waals surface area contributed by atoms with Gasteiger partial charge in [-0.05, 0) is 31.9 Å². The van der Waals surface area contributed by atoms with Crippen LogP contribution in [0.4, 0.5) is 5.69 Å². The zero-order chi connectivity index (χ0) is 14.5. The van der Waals surface area contributed by atoms with Gasteiger partial charge >= 0.3 is 0 Å². The van der Waals surface area contributed by atoms with Crippen molar-refractivity contribution in [2.24, 2.45) is 0 Å². The predicted molar refractivity (Wildman–Crippen MR) is 83.8 cm³/mol. The van der Waals surface area contributed by atoms with Gasteiger partial charge in [0.05, 0.1) is 13.2 Å². The zero-order valence-corrected chi connectivity index (χ0v) is 13.6. The quantitative estimate of drug-likeness (QED) is 0.829. The molecule has 0 bridgehead atoms. The van der Waals surface area contributed by atoms with Crippen LogP contribution in [0.5, 0.6) is 0 Å². The molecule has 0 radical (unpaired) electrons. The summed E-state index contributed by atoms with van der Waals surface area (Å²) >= 11 is 3.52. The number of methoxy groups -OCH3 is 1. The number of hydrogen-bond donors (Lipinski definition) is 1. The summed E-state index contributed by atoms with van der Waals surface area (Å²) in [6, 6.07) is 6.37. The second kappa shape index (κ2) is 7.09. The molecule has 1 aliphatic carbocycles. The fourth-order valence-electron chi connectivity index (χ4n) is 2.31. The molecular weight excluding hydrogens is 320 g/mol. The molecule has 110 valence electrons. The van der Waals surface area contributed by atoms with E-state index in [0.717, 1.165) is 35.1 Å². The molecule has 1 aromatic rings. The minimum absolute atomic E-state index is 0.165. The molecule has 1 amide bonds. The minimum Gasteiger partial charge on any atom is -0.380 e. The van der Waals surface area contributed by atoms with Gasteiger partial charge in [-0.2, -0.15) is 0 Å². The van der Waals surface area contributed by atoms with E-state index in [4.69, 9.17) is 4.74 Å². The SMILES string of the molecule is CCN(C(=O)CNc1cccc(Br)c1COC)C1CC1. The van der Waals surface area contributed by atoms with E-state index in [1.165, 1.54) is 0 Å². The van der Waals surface area contributed by atoms with Crippen molar-refractivity contribution < 1.29 is 9.53 Å². The van der Waals surface area contributed by atoms with Crippen LogP contribution in [0.15, 0.2) is 22.7 Å². The Morgan fingerprint density at radius 2 is 2.25 bits per heavy atom. The van der Waals surface area contributed by atoms with Crippen molar-refractivity contribution in [1.29, 1.82) is 0 Å². The second-order valence-electron chi connectivity index (χ2n) is 4.96. The molecule has 1 N–H and O–H groups in total. The molecule has 4 nitrogen and oxygen atoms in total. The van der Waals surface area contributed by atoms with Gasteiger partial charge in [-0.3, -0.25) is 4.79 Å². The topological polar surface area (TPSA) is 41.6 Å². The highest BCUT2D eigenvalue weighted by Crippen LogP contribution is 2.27. The molecule has 0 spiro atoms. The van der Waals surface area contributed by atoms with Crippen LogP contribution in [0.3, 0.4) is 0 Å². The Hall–Kier alpha value is -1.07. The highest BCUT2D eigenvalue weighted by Gasteiger charge is 2.30. The van der Waals surface area contributed by atoms with E-state index in [1.807, 2.05) is 30.0 Å². The van der Waals surface area contributed by atoms with Crippen LogP contribution in [0.2, 0.25) is 0 Å². The number of likely N-dealkylation sites (N-methyl/N-ethyl adjacent to an activating group) is 1. The van der Waals surface area contributed by atoms with Crippen molar-refractivity contribution in [3.05, 3.63) is 28.2 Å². The lowest BCUT2D eigenvalue weighted by molar-refractivity contribution is -0.129. The van der Waals surface area contributed by atoms with Crippen LogP contribution < -0.4 is 5.32 Å². The lowest BCUT2D eigenvalue weighted by atomic mass is 10.2. The Kier molecular flexibility index (Phi) is 5.43. The Labute approximate surface area is 128 Å². The van der Waals surface area contributed by atoms with Crippen molar-refractivity contribution in [1.82, 2.24) is 4.90 Å². The summed E-state index contributed by atoms with van der Waals surface area (Å²) in [5.41, 5.74) is 1.98. The first-order valence-electron chi connectivity index (χ1n) is 6.97. The number of nitrogens with zero attached hydrogens (tertiary/aromatic N) is 1. The maximum atomic E-state index is 12.2. The minimum atomic E-state index is 0.165. The van der Waals surface area contributed by atoms with E-state index in [-0.39, 0.29) is 5.91 Å². The number of carbonyl (C=O) groups is 1. The van der Waals surface area contributed by atoms with Gasteiger partial charge in [0.25, 0.3) is 0 Å². The van der Waals surface area contributed by atoms with E-state index >= 15 is 0 Å². The largest absolute Gasteiger partial charge is 0.380 e. The highest BCUT2D eigenvalue weighted by molar-refractivity contribution is 9.10. The highest BCUT2D eigenvalue weighted by atomic mass is 79.9. The third-order valence-electron chi connectivity index (χ3n) is 3.49. The number of nitrogens with one attached hydrogen (secondary N) is 1. The summed E-state index contributed by atoms with van der Waals surface area (Å²) < 4.78 is 6.20. The van der Waals surface area contributed by atoms with Gasteiger partial charge in [-0.15, -0.1) is 0 Å².